The summed E-state index contributed by atoms with van der Waals surface area (Å²) in [4.78, 5) is 16.0. The van der Waals surface area contributed by atoms with E-state index in [4.69, 9.17) is 9.15 Å². The Morgan fingerprint density at radius 3 is 2.71 bits per heavy atom. The number of rotatable bonds is 5. The van der Waals surface area contributed by atoms with Gasteiger partial charge in [-0.3, -0.25) is 0 Å². The van der Waals surface area contributed by atoms with Crippen molar-refractivity contribution in [2.45, 2.75) is 33.4 Å². The van der Waals surface area contributed by atoms with Crippen LogP contribution in [0.4, 0.5) is 0 Å². The first-order valence-electron chi connectivity index (χ1n) is 9.18. The molecule has 0 aliphatic carbocycles. The van der Waals surface area contributed by atoms with Crippen LogP contribution in [0, 0.1) is 20.8 Å². The Bertz CT molecular complexity index is 1220. The zero-order valence-corrected chi connectivity index (χ0v) is 16.1. The quantitative estimate of drug-likeness (QED) is 0.538. The molecule has 1 unspecified atom stereocenters. The summed E-state index contributed by atoms with van der Waals surface area (Å²) in [5, 5.41) is 11.3. The summed E-state index contributed by atoms with van der Waals surface area (Å²) in [5.41, 5.74) is 5.23. The van der Waals surface area contributed by atoms with E-state index in [0.29, 0.717) is 17.9 Å². The molecule has 2 heterocycles. The predicted molar refractivity (Wildman–Crippen MR) is 108 cm³/mol. The number of aliphatic hydroxyl groups excluding tert-OH is 1. The monoisotopic (exact) mass is 378 g/mol. The molecule has 6 heteroatoms. The molecule has 28 heavy (non-hydrogen) atoms. The van der Waals surface area contributed by atoms with Gasteiger partial charge in [-0.15, -0.1) is 0 Å². The van der Waals surface area contributed by atoms with Gasteiger partial charge in [0.25, 0.3) is 0 Å². The fraction of sp³-hybridized carbons (Fsp3) is 0.273. The maximum atomic E-state index is 11.6. The molecule has 4 aromatic rings. The summed E-state index contributed by atoms with van der Waals surface area (Å²) >= 11 is 0. The molecule has 0 saturated heterocycles. The molecule has 0 radical (unpaired) electrons. The van der Waals surface area contributed by atoms with Crippen molar-refractivity contribution in [2.24, 2.45) is 0 Å². The molecule has 1 atom stereocenters. The molecule has 0 spiro atoms. The van der Waals surface area contributed by atoms with Crippen molar-refractivity contribution in [1.29, 1.82) is 0 Å². The first kappa shape index (κ1) is 18.3. The second-order valence-corrected chi connectivity index (χ2v) is 7.19. The summed E-state index contributed by atoms with van der Waals surface area (Å²) in [5.74, 6) is 0.544. The van der Waals surface area contributed by atoms with Gasteiger partial charge in [0.15, 0.2) is 0 Å². The Kier molecular flexibility index (Phi) is 4.65. The van der Waals surface area contributed by atoms with Crippen LogP contribution in [0.1, 0.15) is 16.7 Å². The van der Waals surface area contributed by atoms with Crippen LogP contribution in [0.2, 0.25) is 0 Å². The minimum Gasteiger partial charge on any atom is -0.491 e. The molecular formula is C22H22N2O4. The Hall–Kier alpha value is -3.12. The Morgan fingerprint density at radius 1 is 1.11 bits per heavy atom. The van der Waals surface area contributed by atoms with Gasteiger partial charge in [-0.1, -0.05) is 0 Å². The molecule has 0 amide bonds. The van der Waals surface area contributed by atoms with Gasteiger partial charge in [0.05, 0.1) is 23.9 Å². The van der Waals surface area contributed by atoms with Crippen LogP contribution < -0.4 is 10.4 Å². The predicted octanol–water partition coefficient (Wildman–Crippen LogP) is 3.51. The molecule has 144 valence electrons. The van der Waals surface area contributed by atoms with Crippen LogP contribution >= 0.6 is 0 Å². The topological polar surface area (TPSA) is 77.5 Å². The van der Waals surface area contributed by atoms with E-state index >= 15 is 0 Å². The van der Waals surface area contributed by atoms with Gasteiger partial charge < -0.3 is 18.8 Å². The maximum Gasteiger partial charge on any atom is 0.336 e. The number of aryl methyl sites for hydroxylation is 3. The summed E-state index contributed by atoms with van der Waals surface area (Å²) in [6.45, 7) is 6.48. The number of ether oxygens (including phenoxy) is 1. The molecule has 0 fully saturated rings. The van der Waals surface area contributed by atoms with E-state index in [1.807, 2.05) is 17.6 Å². The molecule has 0 aliphatic heterocycles. The highest BCUT2D eigenvalue weighted by Gasteiger charge is 2.11. The number of fused-ring (bicyclic) bond motifs is 2. The van der Waals surface area contributed by atoms with Gasteiger partial charge in [0, 0.05) is 17.5 Å². The number of nitrogens with zero attached hydrogens (tertiary/aromatic N) is 2. The third-order valence-corrected chi connectivity index (χ3v) is 5.01. The van der Waals surface area contributed by atoms with Crippen molar-refractivity contribution < 1.29 is 14.3 Å². The fourth-order valence-electron chi connectivity index (χ4n) is 3.33. The van der Waals surface area contributed by atoms with Crippen LogP contribution in [0.5, 0.6) is 5.75 Å². The van der Waals surface area contributed by atoms with Gasteiger partial charge in [-0.25, -0.2) is 9.78 Å². The lowest BCUT2D eigenvalue weighted by Gasteiger charge is -2.14. The molecule has 6 nitrogen and oxygen atoms in total. The molecule has 0 aliphatic rings. The van der Waals surface area contributed by atoms with Crippen LogP contribution in [0.3, 0.4) is 0 Å². The highest BCUT2D eigenvalue weighted by Crippen LogP contribution is 2.23. The first-order chi connectivity index (χ1) is 13.4. The SMILES string of the molecule is Cc1cc2ncn(CC(O)COc3ccc4c(C)cc(=O)oc4c3)c2cc1C. The molecular weight excluding hydrogens is 356 g/mol. The Labute approximate surface area is 162 Å². The second kappa shape index (κ2) is 7.13. The standard InChI is InChI=1S/C22H22N2O4/c1-13-6-19-20(7-14(13)2)24(12-23-19)10-16(25)11-27-17-4-5-18-15(3)8-22(26)28-21(18)9-17/h4-9,12,16,25H,10-11H2,1-3H3. The molecule has 2 aromatic carbocycles. The van der Waals surface area contributed by atoms with Crippen molar-refractivity contribution in [1.82, 2.24) is 9.55 Å². The lowest BCUT2D eigenvalue weighted by atomic mass is 10.1. The average Bonchev–Trinajstić information content (AvgIpc) is 3.01. The van der Waals surface area contributed by atoms with Crippen LogP contribution in [-0.2, 0) is 6.54 Å². The lowest BCUT2D eigenvalue weighted by molar-refractivity contribution is 0.0934. The fourth-order valence-corrected chi connectivity index (χ4v) is 3.33. The number of imidazole rings is 1. The van der Waals surface area contributed by atoms with Crippen molar-refractivity contribution in [2.75, 3.05) is 6.61 Å². The van der Waals surface area contributed by atoms with E-state index in [9.17, 15) is 9.90 Å². The lowest BCUT2D eigenvalue weighted by Crippen LogP contribution is -2.23. The summed E-state index contributed by atoms with van der Waals surface area (Å²) in [6.07, 6.45) is 1.03. The minimum atomic E-state index is -0.709. The van der Waals surface area contributed by atoms with E-state index < -0.39 is 6.10 Å². The van der Waals surface area contributed by atoms with E-state index in [-0.39, 0.29) is 12.2 Å². The van der Waals surface area contributed by atoms with Crippen molar-refractivity contribution >= 4 is 22.0 Å². The highest BCUT2D eigenvalue weighted by atomic mass is 16.5. The van der Waals surface area contributed by atoms with Crippen LogP contribution in [0.25, 0.3) is 22.0 Å². The van der Waals surface area contributed by atoms with Gasteiger partial charge in [0.2, 0.25) is 0 Å². The largest absolute Gasteiger partial charge is 0.491 e. The smallest absolute Gasteiger partial charge is 0.336 e. The van der Waals surface area contributed by atoms with Crippen molar-refractivity contribution in [3.63, 3.8) is 0 Å². The minimum absolute atomic E-state index is 0.117. The van der Waals surface area contributed by atoms with Gasteiger partial charge in [-0.2, -0.15) is 0 Å². The van der Waals surface area contributed by atoms with Gasteiger partial charge in [-0.05, 0) is 61.7 Å². The summed E-state index contributed by atoms with van der Waals surface area (Å²) in [6, 6.07) is 10.9. The van der Waals surface area contributed by atoms with Crippen molar-refractivity contribution in [3.05, 3.63) is 69.8 Å². The van der Waals surface area contributed by atoms with Gasteiger partial charge in [0.1, 0.15) is 24.0 Å². The number of benzene rings is 2. The molecule has 4 rings (SSSR count). The Morgan fingerprint density at radius 2 is 1.89 bits per heavy atom. The molecule has 0 saturated carbocycles. The second-order valence-electron chi connectivity index (χ2n) is 7.19. The van der Waals surface area contributed by atoms with E-state index in [2.05, 4.69) is 31.0 Å². The van der Waals surface area contributed by atoms with Gasteiger partial charge >= 0.3 is 5.63 Å². The van der Waals surface area contributed by atoms with Crippen molar-refractivity contribution in [3.8, 4) is 5.75 Å². The average molecular weight is 378 g/mol. The van der Waals surface area contributed by atoms with Crippen LogP contribution in [0.15, 0.2) is 51.9 Å². The molecule has 2 aromatic heterocycles. The molecule has 1 N–H and O–H groups in total. The third-order valence-electron chi connectivity index (χ3n) is 5.01. The van der Waals surface area contributed by atoms with Crippen LogP contribution in [-0.4, -0.2) is 27.4 Å². The van der Waals surface area contributed by atoms with E-state index in [1.165, 1.54) is 17.2 Å². The van der Waals surface area contributed by atoms with E-state index in [0.717, 1.165) is 22.0 Å². The summed E-state index contributed by atoms with van der Waals surface area (Å²) in [7, 11) is 0. The highest BCUT2D eigenvalue weighted by molar-refractivity contribution is 5.81. The zero-order chi connectivity index (χ0) is 19.8. The maximum absolute atomic E-state index is 11.6. The summed E-state index contributed by atoms with van der Waals surface area (Å²) < 4.78 is 12.9. The number of aliphatic hydroxyl groups is 1. The number of hydrogen-bond acceptors (Lipinski definition) is 5. The number of aromatic nitrogens is 2. The Balaban J connectivity index is 1.47. The number of hydrogen-bond donors (Lipinski definition) is 1. The first-order valence-corrected chi connectivity index (χ1v) is 9.18. The molecule has 0 bridgehead atoms. The third kappa shape index (κ3) is 3.51. The normalized spacial score (nSPS) is 12.6. The van der Waals surface area contributed by atoms with E-state index in [1.54, 1.807) is 18.5 Å². The zero-order valence-electron chi connectivity index (χ0n) is 16.1.